The van der Waals surface area contributed by atoms with Crippen molar-refractivity contribution in [3.8, 4) is 0 Å². The first-order chi connectivity index (χ1) is 7.66. The highest BCUT2D eigenvalue weighted by Crippen LogP contribution is 2.37. The molecule has 3 aromatic rings. The van der Waals surface area contributed by atoms with Gasteiger partial charge in [-0.15, -0.1) is 11.3 Å². The summed E-state index contributed by atoms with van der Waals surface area (Å²) in [6, 6.07) is 9.75. The van der Waals surface area contributed by atoms with Crippen LogP contribution in [0.5, 0.6) is 0 Å². The Morgan fingerprint density at radius 1 is 1.07 bits per heavy atom. The van der Waals surface area contributed by atoms with Crippen LogP contribution in [-0.2, 0) is 0 Å². The van der Waals surface area contributed by atoms with Crippen molar-refractivity contribution >= 4 is 43.1 Å². The summed E-state index contributed by atoms with van der Waals surface area (Å²) >= 11 is 7.78. The Bertz CT molecular complexity index is 703. The Morgan fingerprint density at radius 2 is 1.93 bits per heavy atom. The highest BCUT2D eigenvalue weighted by atomic mass is 35.5. The van der Waals surface area contributed by atoms with Gasteiger partial charge in [-0.2, -0.15) is 0 Å². The van der Waals surface area contributed by atoms with Crippen LogP contribution in [0.15, 0.2) is 42.4 Å². The van der Waals surface area contributed by atoms with Crippen LogP contribution in [0, 0.1) is 0 Å². The lowest BCUT2D eigenvalue weighted by Crippen LogP contribution is -1.67. The lowest BCUT2D eigenvalue weighted by atomic mass is 10.1. The lowest BCUT2D eigenvalue weighted by molar-refractivity contribution is 1.84. The summed E-state index contributed by atoms with van der Waals surface area (Å²) < 4.78 is 17.4. The molecule has 0 saturated heterocycles. The molecule has 0 aliphatic rings. The van der Waals surface area contributed by atoms with Crippen molar-refractivity contribution in [3.63, 3.8) is 0 Å². The van der Waals surface area contributed by atoms with E-state index in [1.807, 2.05) is 18.2 Å². The third-order valence-corrected chi connectivity index (χ3v) is 3.67. The van der Waals surface area contributed by atoms with Gasteiger partial charge < -0.3 is 0 Å². The number of fused-ring (bicyclic) bond motifs is 3. The summed E-state index contributed by atoms with van der Waals surface area (Å²) in [5.41, 5.74) is 0. The maximum atomic E-state index is 7.66. The van der Waals surface area contributed by atoms with Gasteiger partial charge in [-0.25, -0.2) is 0 Å². The highest BCUT2D eigenvalue weighted by molar-refractivity contribution is 7.25. The van der Waals surface area contributed by atoms with E-state index in [2.05, 4.69) is 0 Å². The first kappa shape index (κ1) is 6.44. The molecule has 2 aromatic carbocycles. The van der Waals surface area contributed by atoms with E-state index < -0.39 is 0 Å². The minimum atomic E-state index is 0.243. The molecule has 1 heterocycles. The van der Waals surface area contributed by atoms with Crippen molar-refractivity contribution in [3.05, 3.63) is 47.4 Å². The molecule has 0 fully saturated rings. The quantitative estimate of drug-likeness (QED) is 0.515. The second-order valence-corrected chi connectivity index (χ2v) is 4.56. The number of hydrogen-bond donors (Lipinski definition) is 0. The predicted octanol–water partition coefficient (Wildman–Crippen LogP) is 4.71. The van der Waals surface area contributed by atoms with Crippen LogP contribution in [0.4, 0.5) is 0 Å². The van der Waals surface area contributed by atoms with Gasteiger partial charge in [0.15, 0.2) is 0 Å². The topological polar surface area (TPSA) is 0 Å². The van der Waals surface area contributed by atoms with Crippen LogP contribution in [0.1, 0.15) is 2.74 Å². The van der Waals surface area contributed by atoms with Gasteiger partial charge in [0, 0.05) is 25.2 Å². The SMILES string of the molecule is [2H]c1cc2sc3cccc(Cl)c3c2cc1[2H]. The van der Waals surface area contributed by atoms with E-state index in [0.717, 1.165) is 20.2 Å². The average Bonchev–Trinajstić information content (AvgIpc) is 2.58. The first-order valence-electron chi connectivity index (χ1n) is 5.25. The van der Waals surface area contributed by atoms with Gasteiger partial charge in [-0.1, -0.05) is 35.8 Å². The Hall–Kier alpha value is -1.05. The van der Waals surface area contributed by atoms with Gasteiger partial charge in [0.1, 0.15) is 0 Å². The van der Waals surface area contributed by atoms with Crippen LogP contribution in [0.3, 0.4) is 0 Å². The molecule has 14 heavy (non-hydrogen) atoms. The van der Waals surface area contributed by atoms with Crippen molar-refractivity contribution < 1.29 is 2.74 Å². The van der Waals surface area contributed by atoms with Crippen molar-refractivity contribution in [2.45, 2.75) is 0 Å². The fourth-order valence-corrected chi connectivity index (χ4v) is 3.05. The van der Waals surface area contributed by atoms with E-state index in [-0.39, 0.29) is 12.1 Å². The molecular formula is C12H7ClS. The average molecular weight is 221 g/mol. The second-order valence-electron chi connectivity index (χ2n) is 3.07. The Kier molecular flexibility index (Phi) is 1.37. The van der Waals surface area contributed by atoms with Gasteiger partial charge >= 0.3 is 0 Å². The molecule has 0 amide bonds. The van der Waals surface area contributed by atoms with E-state index in [1.165, 1.54) is 0 Å². The van der Waals surface area contributed by atoms with Gasteiger partial charge in [0.2, 0.25) is 0 Å². The number of halogens is 1. The molecule has 0 saturated carbocycles. The molecule has 68 valence electrons. The summed E-state index contributed by atoms with van der Waals surface area (Å²) in [4.78, 5) is 0. The molecule has 0 spiro atoms. The Labute approximate surface area is 93.5 Å². The summed E-state index contributed by atoms with van der Waals surface area (Å²) in [5.74, 6) is 0. The highest BCUT2D eigenvalue weighted by Gasteiger charge is 2.06. The second kappa shape index (κ2) is 2.97. The fourth-order valence-electron chi connectivity index (χ4n) is 1.62. The van der Waals surface area contributed by atoms with Gasteiger partial charge in [0.25, 0.3) is 0 Å². The number of benzene rings is 2. The normalized spacial score (nSPS) is 13.2. The van der Waals surface area contributed by atoms with Crippen LogP contribution < -0.4 is 0 Å². The van der Waals surface area contributed by atoms with E-state index in [0.29, 0.717) is 5.02 Å². The summed E-state index contributed by atoms with van der Waals surface area (Å²) in [5, 5.41) is 2.69. The molecule has 0 aliphatic heterocycles. The monoisotopic (exact) mass is 220 g/mol. The molecule has 1 aromatic heterocycles. The molecule has 0 nitrogen and oxygen atoms in total. The summed E-state index contributed by atoms with van der Waals surface area (Å²) in [7, 11) is 0. The third kappa shape index (κ3) is 1.06. The molecule has 0 bridgehead atoms. The summed E-state index contributed by atoms with van der Waals surface area (Å²) in [6.45, 7) is 0. The van der Waals surface area contributed by atoms with Crippen LogP contribution >= 0.6 is 22.9 Å². The number of hydrogen-bond acceptors (Lipinski definition) is 1. The molecule has 0 radical (unpaired) electrons. The summed E-state index contributed by atoms with van der Waals surface area (Å²) in [6.07, 6.45) is 0. The number of thiophene rings is 1. The van der Waals surface area contributed by atoms with Gasteiger partial charge in [-0.05, 0) is 18.2 Å². The maximum Gasteiger partial charge on any atom is 0.0623 e. The van der Waals surface area contributed by atoms with Gasteiger partial charge in [0.05, 0.1) is 2.74 Å². The standard InChI is InChI=1S/C12H7ClS/c13-9-5-3-7-11-12(9)8-4-1-2-6-10(8)14-11/h1-7H/i1D,2D. The predicted molar refractivity (Wildman–Crippen MR) is 64.3 cm³/mol. The molecule has 0 aliphatic carbocycles. The van der Waals surface area contributed by atoms with Crippen LogP contribution in [-0.4, -0.2) is 0 Å². The fraction of sp³-hybridized carbons (Fsp3) is 0. The smallest absolute Gasteiger partial charge is 0.0623 e. The molecule has 2 heteroatoms. The van der Waals surface area contributed by atoms with Crippen molar-refractivity contribution in [2.75, 3.05) is 0 Å². The minimum absolute atomic E-state index is 0.243. The molecule has 0 unspecified atom stereocenters. The van der Waals surface area contributed by atoms with E-state index in [4.69, 9.17) is 14.3 Å². The van der Waals surface area contributed by atoms with E-state index >= 15 is 0 Å². The van der Waals surface area contributed by atoms with E-state index in [9.17, 15) is 0 Å². The van der Waals surface area contributed by atoms with Crippen LogP contribution in [0.25, 0.3) is 20.2 Å². The van der Waals surface area contributed by atoms with E-state index in [1.54, 1.807) is 23.5 Å². The zero-order valence-corrected chi connectivity index (χ0v) is 8.75. The molecular weight excluding hydrogens is 212 g/mol. The number of rotatable bonds is 0. The largest absolute Gasteiger partial charge is 0.135 e. The maximum absolute atomic E-state index is 7.66. The molecule has 3 rings (SSSR count). The lowest BCUT2D eigenvalue weighted by Gasteiger charge is -1.93. The molecule has 0 N–H and O–H groups in total. The van der Waals surface area contributed by atoms with Gasteiger partial charge in [-0.3, -0.25) is 0 Å². The minimum Gasteiger partial charge on any atom is -0.135 e. The van der Waals surface area contributed by atoms with Crippen molar-refractivity contribution in [2.24, 2.45) is 0 Å². The Morgan fingerprint density at radius 3 is 2.86 bits per heavy atom. The zero-order chi connectivity index (χ0) is 11.3. The van der Waals surface area contributed by atoms with Crippen molar-refractivity contribution in [1.29, 1.82) is 0 Å². The van der Waals surface area contributed by atoms with Crippen LogP contribution in [0.2, 0.25) is 5.02 Å². The zero-order valence-electron chi connectivity index (χ0n) is 9.17. The Balaban J connectivity index is 2.58. The molecule has 0 atom stereocenters. The third-order valence-electron chi connectivity index (χ3n) is 2.23. The van der Waals surface area contributed by atoms with Crippen molar-refractivity contribution in [1.82, 2.24) is 0 Å². The first-order valence-corrected chi connectivity index (χ1v) is 5.44.